The van der Waals surface area contributed by atoms with E-state index in [1.54, 1.807) is 56.3 Å². The molecule has 1 N–H and O–H groups in total. The van der Waals surface area contributed by atoms with E-state index in [0.29, 0.717) is 42.3 Å². The van der Waals surface area contributed by atoms with Crippen molar-refractivity contribution < 1.29 is 33.6 Å². The highest BCUT2D eigenvalue weighted by Crippen LogP contribution is 2.36. The summed E-state index contributed by atoms with van der Waals surface area (Å²) < 4.78 is 24.8. The Morgan fingerprint density at radius 3 is 2.38 bits per heavy atom. The Labute approximate surface area is 270 Å². The molecule has 0 amide bonds. The summed E-state index contributed by atoms with van der Waals surface area (Å²) in [7, 11) is 3.06. The van der Waals surface area contributed by atoms with Crippen molar-refractivity contribution in [2.45, 2.75) is 26.5 Å². The summed E-state index contributed by atoms with van der Waals surface area (Å²) in [5, 5.41) is 9.09. The number of carboxylic acids is 1. The van der Waals surface area contributed by atoms with Gasteiger partial charge in [-0.05, 0) is 88.9 Å². The number of aromatic carboxylic acids is 1. The number of benzene rings is 3. The molecule has 45 heavy (non-hydrogen) atoms. The predicted molar refractivity (Wildman–Crippen MR) is 172 cm³/mol. The smallest absolute Gasteiger partial charge is 0.338 e. The molecule has 232 valence electrons. The molecule has 2 heterocycles. The van der Waals surface area contributed by atoms with E-state index in [1.807, 2.05) is 12.1 Å². The maximum absolute atomic E-state index is 14.0. The number of thiazole rings is 1. The average molecular weight is 694 g/mol. The van der Waals surface area contributed by atoms with E-state index in [2.05, 4.69) is 20.9 Å². The molecule has 3 aromatic carbocycles. The van der Waals surface area contributed by atoms with Gasteiger partial charge in [0.15, 0.2) is 16.3 Å². The number of rotatable bonds is 10. The van der Waals surface area contributed by atoms with E-state index >= 15 is 0 Å². The number of hydrogen-bond acceptors (Lipinski definition) is 9. The number of carbonyl (C=O) groups excluding carboxylic acids is 1. The van der Waals surface area contributed by atoms with Crippen molar-refractivity contribution in [1.82, 2.24) is 4.57 Å². The second-order valence-corrected chi connectivity index (χ2v) is 11.8. The molecule has 0 radical (unpaired) electrons. The van der Waals surface area contributed by atoms with Gasteiger partial charge in [0.1, 0.15) is 12.4 Å². The van der Waals surface area contributed by atoms with Crippen molar-refractivity contribution in [3.05, 3.63) is 118 Å². The first kappa shape index (κ1) is 31.7. The summed E-state index contributed by atoms with van der Waals surface area (Å²) >= 11 is 4.77. The largest absolute Gasteiger partial charge is 0.493 e. The predicted octanol–water partition coefficient (Wildman–Crippen LogP) is 4.86. The average Bonchev–Trinajstić information content (AvgIpc) is 3.33. The maximum Gasteiger partial charge on any atom is 0.338 e. The summed E-state index contributed by atoms with van der Waals surface area (Å²) in [4.78, 5) is 43.3. The molecule has 1 aromatic heterocycles. The van der Waals surface area contributed by atoms with Crippen LogP contribution in [-0.4, -0.2) is 42.4 Å². The molecule has 0 unspecified atom stereocenters. The van der Waals surface area contributed by atoms with Gasteiger partial charge >= 0.3 is 11.9 Å². The van der Waals surface area contributed by atoms with Crippen LogP contribution < -0.4 is 29.1 Å². The fraction of sp³-hybridized carbons (Fsp3) is 0.212. The maximum atomic E-state index is 14.0. The first-order chi connectivity index (χ1) is 21.6. The Hall–Kier alpha value is -4.68. The van der Waals surface area contributed by atoms with Gasteiger partial charge in [-0.3, -0.25) is 9.36 Å². The molecule has 1 atom stereocenters. The van der Waals surface area contributed by atoms with Gasteiger partial charge in [-0.1, -0.05) is 35.6 Å². The number of methoxy groups -OCH3 is 2. The highest BCUT2D eigenvalue weighted by molar-refractivity contribution is 9.10. The molecule has 10 nitrogen and oxygen atoms in total. The summed E-state index contributed by atoms with van der Waals surface area (Å²) in [6.45, 7) is 3.87. The van der Waals surface area contributed by atoms with E-state index in [9.17, 15) is 14.4 Å². The highest BCUT2D eigenvalue weighted by atomic mass is 79.9. The number of carbonyl (C=O) groups is 2. The van der Waals surface area contributed by atoms with Gasteiger partial charge in [0.25, 0.3) is 5.56 Å². The van der Waals surface area contributed by atoms with Crippen molar-refractivity contribution in [3.63, 3.8) is 0 Å². The summed E-state index contributed by atoms with van der Waals surface area (Å²) in [6, 6.07) is 16.4. The number of halogens is 1. The third kappa shape index (κ3) is 6.57. The van der Waals surface area contributed by atoms with Crippen LogP contribution in [0.5, 0.6) is 17.2 Å². The minimum Gasteiger partial charge on any atom is -0.493 e. The molecule has 0 saturated heterocycles. The number of nitrogens with zero attached hydrogens (tertiary/aromatic N) is 2. The fourth-order valence-corrected chi connectivity index (χ4v) is 6.47. The Morgan fingerprint density at radius 1 is 1.02 bits per heavy atom. The molecule has 0 spiro atoms. The first-order valence-electron chi connectivity index (χ1n) is 13.8. The first-order valence-corrected chi connectivity index (χ1v) is 15.4. The van der Waals surface area contributed by atoms with E-state index in [0.717, 1.165) is 11.1 Å². The summed E-state index contributed by atoms with van der Waals surface area (Å²) in [5.41, 5.74) is 2.83. The molecular weight excluding hydrogens is 664 g/mol. The molecule has 1 aliphatic heterocycles. The van der Waals surface area contributed by atoms with Gasteiger partial charge < -0.3 is 24.1 Å². The zero-order valence-corrected chi connectivity index (χ0v) is 27.2. The van der Waals surface area contributed by atoms with Crippen LogP contribution in [0.3, 0.4) is 0 Å². The van der Waals surface area contributed by atoms with Crippen LogP contribution in [-0.2, 0) is 16.1 Å². The van der Waals surface area contributed by atoms with Gasteiger partial charge in [0.2, 0.25) is 0 Å². The SMILES string of the molecule is CCOC(=O)C1=C(C)N=c2s/c(=C/c3ccc(OCc4ccc(C(=O)O)cc4)c(Br)c3)c(=O)n2[C@H]1c1ccc(OC)c(OC)c1. The monoisotopic (exact) mass is 692 g/mol. The van der Waals surface area contributed by atoms with Crippen LogP contribution in [0, 0.1) is 0 Å². The molecule has 12 heteroatoms. The van der Waals surface area contributed by atoms with Gasteiger partial charge in [-0.15, -0.1) is 0 Å². The van der Waals surface area contributed by atoms with Crippen LogP contribution in [0.15, 0.2) is 86.2 Å². The molecular formula is C33H29BrN2O8S. The summed E-state index contributed by atoms with van der Waals surface area (Å²) in [6.07, 6.45) is 1.76. The number of ether oxygens (including phenoxy) is 4. The number of allylic oxidation sites excluding steroid dienone is 1. The lowest BCUT2D eigenvalue weighted by atomic mass is 9.95. The van der Waals surface area contributed by atoms with Crippen molar-refractivity contribution in [3.8, 4) is 17.2 Å². The molecule has 0 saturated carbocycles. The Morgan fingerprint density at radius 2 is 1.73 bits per heavy atom. The van der Waals surface area contributed by atoms with E-state index in [-0.39, 0.29) is 29.9 Å². The fourth-order valence-electron chi connectivity index (χ4n) is 4.91. The Kier molecular flexibility index (Phi) is 9.54. The number of aromatic nitrogens is 1. The number of fused-ring (bicyclic) bond motifs is 1. The van der Waals surface area contributed by atoms with Crippen LogP contribution in [0.25, 0.3) is 6.08 Å². The third-order valence-corrected chi connectivity index (χ3v) is 8.69. The van der Waals surface area contributed by atoms with Crippen molar-refractivity contribution in [1.29, 1.82) is 0 Å². The lowest BCUT2D eigenvalue weighted by molar-refractivity contribution is -0.139. The molecule has 5 rings (SSSR count). The number of carboxylic acid groups (broad SMARTS) is 1. The standard InChI is InChI=1S/C33H29BrN2O8S/c1-5-43-32(40)28-18(2)35-33-36(29(28)22-11-13-25(41-3)26(16-22)42-4)30(37)27(45-33)15-20-8-12-24(23(34)14-20)44-17-19-6-9-21(10-7-19)31(38)39/h6-16,29H,5,17H2,1-4H3,(H,38,39)/b27-15+/t29-/m0/s1. The van der Waals surface area contributed by atoms with Crippen molar-refractivity contribution in [2.75, 3.05) is 20.8 Å². The van der Waals surface area contributed by atoms with Crippen molar-refractivity contribution in [2.24, 2.45) is 4.99 Å². The van der Waals surface area contributed by atoms with E-state index in [4.69, 9.17) is 24.1 Å². The van der Waals surface area contributed by atoms with Crippen LogP contribution in [0.4, 0.5) is 0 Å². The number of hydrogen-bond donors (Lipinski definition) is 1. The Bertz CT molecular complexity index is 2000. The highest BCUT2D eigenvalue weighted by Gasteiger charge is 2.34. The Balaban J connectivity index is 1.51. The van der Waals surface area contributed by atoms with Gasteiger partial charge in [0.05, 0.1) is 52.7 Å². The van der Waals surface area contributed by atoms with Crippen LogP contribution in [0.2, 0.25) is 0 Å². The van der Waals surface area contributed by atoms with Crippen LogP contribution >= 0.6 is 27.3 Å². The third-order valence-electron chi connectivity index (χ3n) is 7.09. The molecule has 1 aliphatic rings. The normalized spacial score (nSPS) is 14.4. The quantitative estimate of drug-likeness (QED) is 0.234. The molecule has 0 aliphatic carbocycles. The zero-order chi connectivity index (χ0) is 32.2. The minimum absolute atomic E-state index is 0.171. The van der Waals surface area contributed by atoms with Gasteiger partial charge in [-0.25, -0.2) is 14.6 Å². The van der Waals surface area contributed by atoms with Gasteiger partial charge in [0, 0.05) is 0 Å². The molecule has 0 fully saturated rings. The van der Waals surface area contributed by atoms with Crippen molar-refractivity contribution >= 4 is 45.3 Å². The second kappa shape index (κ2) is 13.5. The zero-order valence-electron chi connectivity index (χ0n) is 24.8. The van der Waals surface area contributed by atoms with Crippen LogP contribution in [0.1, 0.15) is 46.9 Å². The lowest BCUT2D eigenvalue weighted by Crippen LogP contribution is -2.39. The topological polar surface area (TPSA) is 126 Å². The number of esters is 1. The second-order valence-electron chi connectivity index (χ2n) is 9.90. The lowest BCUT2D eigenvalue weighted by Gasteiger charge is -2.25. The van der Waals surface area contributed by atoms with E-state index in [1.165, 1.54) is 42.3 Å². The molecule has 4 aromatic rings. The molecule has 0 bridgehead atoms. The summed E-state index contributed by atoms with van der Waals surface area (Å²) in [5.74, 6) is 0.0177. The van der Waals surface area contributed by atoms with E-state index < -0.39 is 18.0 Å². The minimum atomic E-state index is -0.987. The van der Waals surface area contributed by atoms with Gasteiger partial charge in [-0.2, -0.15) is 0 Å².